The van der Waals surface area contributed by atoms with Crippen LogP contribution in [0.3, 0.4) is 0 Å². The molecule has 0 saturated carbocycles. The van der Waals surface area contributed by atoms with Crippen molar-refractivity contribution >= 4 is 0 Å². The van der Waals surface area contributed by atoms with E-state index in [1.54, 1.807) is 0 Å². The molecule has 0 amide bonds. The lowest BCUT2D eigenvalue weighted by Crippen LogP contribution is -2.49. The highest BCUT2D eigenvalue weighted by Crippen LogP contribution is 2.37. The molecular weight excluding hydrogens is 254 g/mol. The average Bonchev–Trinajstić information content (AvgIpc) is 2.90. The lowest BCUT2D eigenvalue weighted by atomic mass is 9.81. The lowest BCUT2D eigenvalue weighted by molar-refractivity contribution is -0.106. The Morgan fingerprint density at radius 3 is 2.90 bits per heavy atom. The monoisotopic (exact) mass is 285 g/mol. The Morgan fingerprint density at radius 1 is 1.30 bits per heavy atom. The quantitative estimate of drug-likeness (QED) is 0.695. The molecule has 2 aliphatic heterocycles. The summed E-state index contributed by atoms with van der Waals surface area (Å²) in [5.74, 6) is 0.647. The third-order valence-electron chi connectivity index (χ3n) is 4.47. The second kappa shape index (κ2) is 8.32. The minimum atomic E-state index is -0.000181. The Balaban J connectivity index is 1.88. The van der Waals surface area contributed by atoms with Gasteiger partial charge in [-0.3, -0.25) is 0 Å². The fraction of sp³-hybridized carbons (Fsp3) is 1.00. The van der Waals surface area contributed by atoms with Gasteiger partial charge >= 0.3 is 0 Å². The van der Waals surface area contributed by atoms with Gasteiger partial charge in [0.05, 0.1) is 18.8 Å². The van der Waals surface area contributed by atoms with Crippen LogP contribution in [0.25, 0.3) is 0 Å². The predicted molar refractivity (Wildman–Crippen MR) is 80.0 cm³/mol. The van der Waals surface area contributed by atoms with Crippen LogP contribution in [0.5, 0.6) is 0 Å². The average molecular weight is 285 g/mol. The molecule has 20 heavy (non-hydrogen) atoms. The smallest absolute Gasteiger partial charge is 0.0939 e. The van der Waals surface area contributed by atoms with E-state index in [1.165, 1.54) is 6.42 Å². The highest BCUT2D eigenvalue weighted by molar-refractivity contribution is 4.93. The molecule has 0 aromatic heterocycles. The standard InChI is InChI=1S/C16H31NO3/c1-3-7-17-15(12-18-8-4-2)14-5-9-20-16(11-14)6-10-19-13-16/h14-15,17H,3-13H2,1-2H3. The maximum atomic E-state index is 6.04. The third-order valence-corrected chi connectivity index (χ3v) is 4.47. The number of hydrogen-bond donors (Lipinski definition) is 1. The summed E-state index contributed by atoms with van der Waals surface area (Å²) in [6, 6.07) is 0.461. The SMILES string of the molecule is CCCNC(COCCC)C1CCOC2(CCOC2)C1. The van der Waals surface area contributed by atoms with Gasteiger partial charge in [0, 0.05) is 32.3 Å². The molecule has 2 heterocycles. The second-order valence-corrected chi connectivity index (χ2v) is 6.22. The molecular formula is C16H31NO3. The van der Waals surface area contributed by atoms with Crippen molar-refractivity contribution < 1.29 is 14.2 Å². The van der Waals surface area contributed by atoms with Gasteiger partial charge in [0.25, 0.3) is 0 Å². The largest absolute Gasteiger partial charge is 0.380 e. The molecule has 0 aromatic carbocycles. The van der Waals surface area contributed by atoms with Crippen molar-refractivity contribution in [2.24, 2.45) is 5.92 Å². The Bertz CT molecular complexity index is 266. The molecule has 2 rings (SSSR count). The molecule has 2 saturated heterocycles. The zero-order chi connectivity index (χ0) is 14.3. The Kier molecular flexibility index (Phi) is 6.75. The molecule has 3 atom stereocenters. The van der Waals surface area contributed by atoms with Crippen molar-refractivity contribution in [1.29, 1.82) is 0 Å². The van der Waals surface area contributed by atoms with Crippen molar-refractivity contribution in [2.45, 2.75) is 57.6 Å². The fourth-order valence-electron chi connectivity index (χ4n) is 3.32. The van der Waals surface area contributed by atoms with Gasteiger partial charge < -0.3 is 19.5 Å². The zero-order valence-electron chi connectivity index (χ0n) is 13.2. The van der Waals surface area contributed by atoms with Gasteiger partial charge in [-0.25, -0.2) is 0 Å². The van der Waals surface area contributed by atoms with Crippen LogP contribution in [0, 0.1) is 5.92 Å². The van der Waals surface area contributed by atoms with Gasteiger partial charge in [-0.15, -0.1) is 0 Å². The van der Waals surface area contributed by atoms with E-state index in [0.29, 0.717) is 12.0 Å². The summed E-state index contributed by atoms with van der Waals surface area (Å²) >= 11 is 0. The van der Waals surface area contributed by atoms with E-state index in [2.05, 4.69) is 19.2 Å². The van der Waals surface area contributed by atoms with Gasteiger partial charge in [0.15, 0.2) is 0 Å². The highest BCUT2D eigenvalue weighted by atomic mass is 16.6. The molecule has 4 nitrogen and oxygen atoms in total. The van der Waals surface area contributed by atoms with E-state index in [-0.39, 0.29) is 5.60 Å². The minimum absolute atomic E-state index is 0.000181. The van der Waals surface area contributed by atoms with Crippen molar-refractivity contribution in [3.05, 3.63) is 0 Å². The summed E-state index contributed by atoms with van der Waals surface area (Å²) in [4.78, 5) is 0. The molecule has 2 fully saturated rings. The number of ether oxygens (including phenoxy) is 3. The van der Waals surface area contributed by atoms with Crippen LogP contribution in [0.2, 0.25) is 0 Å². The number of hydrogen-bond acceptors (Lipinski definition) is 4. The van der Waals surface area contributed by atoms with Crippen molar-refractivity contribution in [3.8, 4) is 0 Å². The first-order valence-corrected chi connectivity index (χ1v) is 8.32. The molecule has 2 aliphatic rings. The van der Waals surface area contributed by atoms with Crippen LogP contribution in [0.1, 0.15) is 46.0 Å². The number of nitrogens with one attached hydrogen (secondary N) is 1. The maximum absolute atomic E-state index is 6.04. The Labute approximate surface area is 123 Å². The van der Waals surface area contributed by atoms with E-state index in [0.717, 1.165) is 65.3 Å². The molecule has 0 aromatic rings. The predicted octanol–water partition coefficient (Wildman–Crippen LogP) is 2.37. The van der Waals surface area contributed by atoms with Gasteiger partial charge in [-0.2, -0.15) is 0 Å². The van der Waals surface area contributed by atoms with Crippen molar-refractivity contribution in [1.82, 2.24) is 5.32 Å². The van der Waals surface area contributed by atoms with Gasteiger partial charge in [-0.05, 0) is 38.1 Å². The van der Waals surface area contributed by atoms with Crippen LogP contribution in [-0.2, 0) is 14.2 Å². The van der Waals surface area contributed by atoms with E-state index >= 15 is 0 Å². The topological polar surface area (TPSA) is 39.7 Å². The van der Waals surface area contributed by atoms with Crippen LogP contribution in [0.4, 0.5) is 0 Å². The minimum Gasteiger partial charge on any atom is -0.380 e. The first-order chi connectivity index (χ1) is 9.79. The maximum Gasteiger partial charge on any atom is 0.0939 e. The van der Waals surface area contributed by atoms with Crippen LogP contribution < -0.4 is 5.32 Å². The van der Waals surface area contributed by atoms with E-state index < -0.39 is 0 Å². The zero-order valence-corrected chi connectivity index (χ0v) is 13.2. The summed E-state index contributed by atoms with van der Waals surface area (Å²) in [5.41, 5.74) is -0.000181. The first kappa shape index (κ1) is 16.2. The summed E-state index contributed by atoms with van der Waals surface area (Å²) < 4.78 is 17.4. The molecule has 4 heteroatoms. The van der Waals surface area contributed by atoms with Crippen LogP contribution >= 0.6 is 0 Å². The molecule has 0 bridgehead atoms. The molecule has 118 valence electrons. The summed E-state index contributed by atoms with van der Waals surface area (Å²) in [5, 5.41) is 3.68. The molecule has 0 aliphatic carbocycles. The lowest BCUT2D eigenvalue weighted by Gasteiger charge is -2.40. The number of rotatable bonds is 8. The Hall–Kier alpha value is -0.160. The van der Waals surface area contributed by atoms with Gasteiger partial charge in [0.1, 0.15) is 0 Å². The molecule has 1 N–H and O–H groups in total. The molecule has 1 spiro atoms. The second-order valence-electron chi connectivity index (χ2n) is 6.22. The molecule has 0 radical (unpaired) electrons. The van der Waals surface area contributed by atoms with Gasteiger partial charge in [-0.1, -0.05) is 13.8 Å². The van der Waals surface area contributed by atoms with E-state index in [4.69, 9.17) is 14.2 Å². The van der Waals surface area contributed by atoms with Gasteiger partial charge in [0.2, 0.25) is 0 Å². The fourth-order valence-corrected chi connectivity index (χ4v) is 3.32. The van der Waals surface area contributed by atoms with E-state index in [9.17, 15) is 0 Å². The summed E-state index contributed by atoms with van der Waals surface area (Å²) in [6.45, 7) is 9.64. The molecule has 3 unspecified atom stereocenters. The van der Waals surface area contributed by atoms with Crippen molar-refractivity contribution in [2.75, 3.05) is 39.6 Å². The summed E-state index contributed by atoms with van der Waals surface area (Å²) in [7, 11) is 0. The highest BCUT2D eigenvalue weighted by Gasteiger charge is 2.42. The Morgan fingerprint density at radius 2 is 2.20 bits per heavy atom. The summed E-state index contributed by atoms with van der Waals surface area (Å²) in [6.07, 6.45) is 5.57. The first-order valence-electron chi connectivity index (χ1n) is 8.32. The van der Waals surface area contributed by atoms with E-state index in [1.807, 2.05) is 0 Å². The van der Waals surface area contributed by atoms with Crippen molar-refractivity contribution in [3.63, 3.8) is 0 Å². The van der Waals surface area contributed by atoms with Crippen LogP contribution in [-0.4, -0.2) is 51.2 Å². The normalized spacial score (nSPS) is 31.8. The third kappa shape index (κ3) is 4.42. The van der Waals surface area contributed by atoms with Crippen LogP contribution in [0.15, 0.2) is 0 Å².